The Kier molecular flexibility index (Phi) is 7.43. The molecule has 6 nitrogen and oxygen atoms in total. The van der Waals surface area contributed by atoms with Crippen LogP contribution in [0, 0.1) is 0 Å². The van der Waals surface area contributed by atoms with E-state index in [4.69, 9.17) is 9.47 Å². The molecule has 0 spiro atoms. The third-order valence-corrected chi connectivity index (χ3v) is 3.07. The quantitative estimate of drug-likeness (QED) is 0.669. The van der Waals surface area contributed by atoms with Gasteiger partial charge in [0.25, 0.3) is 0 Å². The number of nitrogens with zero attached hydrogens (tertiary/aromatic N) is 1. The number of nitrogens with one attached hydrogen (secondary N) is 1. The van der Waals surface area contributed by atoms with Crippen LogP contribution in [-0.2, 0) is 19.1 Å². The van der Waals surface area contributed by atoms with Gasteiger partial charge in [-0.2, -0.15) is 0 Å². The Morgan fingerprint density at radius 1 is 1.32 bits per heavy atom. The molecule has 1 heterocycles. The van der Waals surface area contributed by atoms with Crippen LogP contribution < -0.4 is 5.32 Å². The van der Waals surface area contributed by atoms with Gasteiger partial charge in [0.15, 0.2) is 0 Å². The fourth-order valence-corrected chi connectivity index (χ4v) is 1.96. The zero-order chi connectivity index (χ0) is 14.1. The van der Waals surface area contributed by atoms with E-state index in [0.717, 1.165) is 0 Å². The Bertz CT molecular complexity index is 290. The molecule has 1 N–H and O–H groups in total. The maximum absolute atomic E-state index is 11.9. The van der Waals surface area contributed by atoms with Crippen molar-refractivity contribution in [3.63, 3.8) is 0 Å². The van der Waals surface area contributed by atoms with Crippen molar-refractivity contribution < 1.29 is 19.1 Å². The Morgan fingerprint density at radius 2 is 2.00 bits per heavy atom. The van der Waals surface area contributed by atoms with Gasteiger partial charge in [0, 0.05) is 26.1 Å². The van der Waals surface area contributed by atoms with Crippen molar-refractivity contribution in [1.82, 2.24) is 10.2 Å². The van der Waals surface area contributed by atoms with Gasteiger partial charge in [0.05, 0.1) is 19.8 Å². The molecular weight excluding hydrogens is 248 g/mol. The highest BCUT2D eigenvalue weighted by atomic mass is 16.5. The number of hydrogen-bond acceptors (Lipinski definition) is 5. The van der Waals surface area contributed by atoms with Gasteiger partial charge in [0.1, 0.15) is 6.04 Å². The van der Waals surface area contributed by atoms with Gasteiger partial charge in [-0.3, -0.25) is 9.59 Å². The second kappa shape index (κ2) is 8.87. The van der Waals surface area contributed by atoms with Crippen molar-refractivity contribution in [2.24, 2.45) is 0 Å². The average molecular weight is 272 g/mol. The molecule has 1 unspecified atom stereocenters. The molecule has 1 aliphatic heterocycles. The second-order valence-electron chi connectivity index (χ2n) is 4.41. The third kappa shape index (κ3) is 5.57. The molecule has 6 heteroatoms. The van der Waals surface area contributed by atoms with Crippen LogP contribution in [0.25, 0.3) is 0 Å². The lowest BCUT2D eigenvalue weighted by atomic mass is 10.2. The summed E-state index contributed by atoms with van der Waals surface area (Å²) in [7, 11) is 0. The van der Waals surface area contributed by atoms with E-state index in [1.807, 2.05) is 6.92 Å². The fraction of sp³-hybridized carbons (Fsp3) is 0.846. The van der Waals surface area contributed by atoms with E-state index in [1.165, 1.54) is 0 Å². The summed E-state index contributed by atoms with van der Waals surface area (Å²) < 4.78 is 10.2. The Morgan fingerprint density at radius 3 is 2.58 bits per heavy atom. The van der Waals surface area contributed by atoms with Crippen molar-refractivity contribution in [2.45, 2.75) is 32.7 Å². The number of hydrogen-bond donors (Lipinski definition) is 1. The van der Waals surface area contributed by atoms with Crippen molar-refractivity contribution in [1.29, 1.82) is 0 Å². The monoisotopic (exact) mass is 272 g/mol. The number of esters is 1. The van der Waals surface area contributed by atoms with Crippen LogP contribution in [0.1, 0.15) is 26.7 Å². The molecular formula is C13H24N2O4. The van der Waals surface area contributed by atoms with Gasteiger partial charge in [0.2, 0.25) is 5.91 Å². The molecule has 0 aromatic heterocycles. The molecule has 0 saturated carbocycles. The first-order valence-electron chi connectivity index (χ1n) is 6.94. The van der Waals surface area contributed by atoms with Gasteiger partial charge < -0.3 is 19.7 Å². The number of morpholine rings is 1. The molecule has 0 bridgehead atoms. The van der Waals surface area contributed by atoms with E-state index in [9.17, 15) is 9.59 Å². The lowest BCUT2D eigenvalue weighted by Gasteiger charge is -2.27. The molecule has 1 saturated heterocycles. The number of ether oxygens (including phenoxy) is 2. The summed E-state index contributed by atoms with van der Waals surface area (Å²) in [6, 6.07) is -0.322. The molecule has 1 fully saturated rings. The van der Waals surface area contributed by atoms with E-state index in [1.54, 1.807) is 11.8 Å². The first kappa shape index (κ1) is 15.9. The molecule has 0 aromatic carbocycles. The van der Waals surface area contributed by atoms with Crippen LogP contribution in [0.2, 0.25) is 0 Å². The summed E-state index contributed by atoms with van der Waals surface area (Å²) in [6.07, 6.45) is 1.06. The van der Waals surface area contributed by atoms with Crippen LogP contribution in [0.3, 0.4) is 0 Å². The van der Waals surface area contributed by atoms with Crippen LogP contribution in [0.4, 0.5) is 0 Å². The summed E-state index contributed by atoms with van der Waals surface area (Å²) in [5, 5.41) is 3.07. The topological polar surface area (TPSA) is 67.9 Å². The Labute approximate surface area is 114 Å². The van der Waals surface area contributed by atoms with Crippen molar-refractivity contribution in [3.05, 3.63) is 0 Å². The molecule has 1 amide bonds. The minimum Gasteiger partial charge on any atom is -0.465 e. The summed E-state index contributed by atoms with van der Waals surface area (Å²) in [5.41, 5.74) is 0. The van der Waals surface area contributed by atoms with E-state index < -0.39 is 0 Å². The molecule has 0 aliphatic carbocycles. The summed E-state index contributed by atoms with van der Waals surface area (Å²) in [5.74, 6) is -0.140. The molecule has 1 aliphatic rings. The minimum absolute atomic E-state index is 0.106. The highest BCUT2D eigenvalue weighted by molar-refractivity contribution is 5.77. The molecule has 19 heavy (non-hydrogen) atoms. The lowest BCUT2D eigenvalue weighted by molar-refractivity contribution is -0.146. The van der Waals surface area contributed by atoms with Gasteiger partial charge in [-0.1, -0.05) is 6.92 Å². The van der Waals surface area contributed by atoms with Crippen LogP contribution in [-0.4, -0.2) is 62.3 Å². The first-order valence-corrected chi connectivity index (χ1v) is 6.94. The largest absolute Gasteiger partial charge is 0.465 e. The lowest BCUT2D eigenvalue weighted by Crippen LogP contribution is -2.43. The second-order valence-corrected chi connectivity index (χ2v) is 4.41. The van der Waals surface area contributed by atoms with Gasteiger partial charge >= 0.3 is 5.97 Å². The maximum atomic E-state index is 11.9. The molecule has 1 rings (SSSR count). The number of amides is 1. The molecule has 0 radical (unpaired) electrons. The zero-order valence-electron chi connectivity index (χ0n) is 11.8. The zero-order valence-corrected chi connectivity index (χ0v) is 11.8. The number of rotatable bonds is 7. The van der Waals surface area contributed by atoms with Crippen LogP contribution in [0.5, 0.6) is 0 Å². The minimum atomic E-state index is -0.322. The van der Waals surface area contributed by atoms with E-state index in [0.29, 0.717) is 52.3 Å². The van der Waals surface area contributed by atoms with Crippen molar-refractivity contribution in [3.8, 4) is 0 Å². The van der Waals surface area contributed by atoms with Crippen LogP contribution >= 0.6 is 0 Å². The highest BCUT2D eigenvalue weighted by Crippen LogP contribution is 2.01. The summed E-state index contributed by atoms with van der Waals surface area (Å²) in [6.45, 7) is 7.11. The van der Waals surface area contributed by atoms with Crippen LogP contribution in [0.15, 0.2) is 0 Å². The standard InChI is InChI=1S/C13H24N2O4/c1-3-11(13(17)19-4-2)14-6-5-12(16)15-7-9-18-10-8-15/h11,14H,3-10H2,1-2H3. The average Bonchev–Trinajstić information content (AvgIpc) is 2.44. The van der Waals surface area contributed by atoms with E-state index in [2.05, 4.69) is 5.32 Å². The molecule has 0 aromatic rings. The SMILES string of the molecule is CCOC(=O)C(CC)NCCC(=O)N1CCOCC1. The normalized spacial score (nSPS) is 17.1. The predicted molar refractivity (Wildman–Crippen MR) is 70.7 cm³/mol. The van der Waals surface area contributed by atoms with Gasteiger partial charge in [-0.05, 0) is 13.3 Å². The predicted octanol–water partition coefficient (Wildman–Crippen LogP) is 0.167. The van der Waals surface area contributed by atoms with E-state index >= 15 is 0 Å². The van der Waals surface area contributed by atoms with Crippen molar-refractivity contribution >= 4 is 11.9 Å². The Balaban J connectivity index is 2.23. The maximum Gasteiger partial charge on any atom is 0.323 e. The number of carbonyl (C=O) groups excluding carboxylic acids is 2. The number of carbonyl (C=O) groups is 2. The van der Waals surface area contributed by atoms with Crippen molar-refractivity contribution in [2.75, 3.05) is 39.5 Å². The third-order valence-electron chi connectivity index (χ3n) is 3.07. The Hall–Kier alpha value is -1.14. The molecule has 110 valence electrons. The summed E-state index contributed by atoms with van der Waals surface area (Å²) in [4.78, 5) is 25.2. The first-order chi connectivity index (χ1) is 9.19. The highest BCUT2D eigenvalue weighted by Gasteiger charge is 2.19. The fourth-order valence-electron chi connectivity index (χ4n) is 1.96. The molecule has 1 atom stereocenters. The van der Waals surface area contributed by atoms with E-state index in [-0.39, 0.29) is 17.9 Å². The summed E-state index contributed by atoms with van der Waals surface area (Å²) >= 11 is 0. The van der Waals surface area contributed by atoms with Gasteiger partial charge in [-0.25, -0.2) is 0 Å². The smallest absolute Gasteiger partial charge is 0.323 e. The van der Waals surface area contributed by atoms with Gasteiger partial charge in [-0.15, -0.1) is 0 Å².